The highest BCUT2D eigenvalue weighted by molar-refractivity contribution is 7.09. The smallest absolute Gasteiger partial charge is 0.409 e. The van der Waals surface area contributed by atoms with Crippen molar-refractivity contribution in [1.82, 2.24) is 9.88 Å². The number of hydrogen-bond acceptors (Lipinski definition) is 6. The Balaban J connectivity index is 1.69. The molecule has 110 valence electrons. The first-order valence-electron chi connectivity index (χ1n) is 6.52. The highest BCUT2D eigenvalue weighted by Crippen LogP contribution is 2.32. The van der Waals surface area contributed by atoms with Crippen molar-refractivity contribution in [2.24, 2.45) is 0 Å². The SMILES string of the molecule is O=C1OCCN1CCc1nc(-c2ccc(O)cc2O)cs1. The minimum Gasteiger partial charge on any atom is -0.508 e. The summed E-state index contributed by atoms with van der Waals surface area (Å²) in [6, 6.07) is 4.42. The minimum atomic E-state index is -0.275. The number of benzene rings is 1. The normalized spacial score (nSPS) is 14.5. The summed E-state index contributed by atoms with van der Waals surface area (Å²) in [5.74, 6) is 0.00854. The van der Waals surface area contributed by atoms with E-state index >= 15 is 0 Å². The number of carbonyl (C=O) groups excluding carboxylic acids is 1. The van der Waals surface area contributed by atoms with Gasteiger partial charge in [-0.25, -0.2) is 9.78 Å². The number of carbonyl (C=O) groups is 1. The van der Waals surface area contributed by atoms with Crippen LogP contribution >= 0.6 is 11.3 Å². The molecule has 2 N–H and O–H groups in total. The molecule has 1 amide bonds. The van der Waals surface area contributed by atoms with E-state index in [1.165, 1.54) is 23.5 Å². The molecule has 0 aliphatic carbocycles. The average Bonchev–Trinajstić information content (AvgIpc) is 3.05. The third-order valence-electron chi connectivity index (χ3n) is 3.25. The van der Waals surface area contributed by atoms with Crippen molar-refractivity contribution in [2.45, 2.75) is 6.42 Å². The maximum Gasteiger partial charge on any atom is 0.409 e. The number of aromatic hydroxyl groups is 2. The van der Waals surface area contributed by atoms with Crippen LogP contribution in [0.4, 0.5) is 4.79 Å². The van der Waals surface area contributed by atoms with Crippen LogP contribution in [0.2, 0.25) is 0 Å². The Labute approximate surface area is 125 Å². The van der Waals surface area contributed by atoms with Crippen LogP contribution in [-0.2, 0) is 11.2 Å². The maximum absolute atomic E-state index is 11.3. The van der Waals surface area contributed by atoms with Gasteiger partial charge in [-0.1, -0.05) is 0 Å². The van der Waals surface area contributed by atoms with E-state index in [4.69, 9.17) is 4.74 Å². The van der Waals surface area contributed by atoms with Crippen molar-refractivity contribution in [1.29, 1.82) is 0 Å². The van der Waals surface area contributed by atoms with Crippen molar-refractivity contribution < 1.29 is 19.7 Å². The molecule has 0 bridgehead atoms. The van der Waals surface area contributed by atoms with Gasteiger partial charge >= 0.3 is 6.09 Å². The molecule has 7 heteroatoms. The molecule has 1 aromatic carbocycles. The average molecular weight is 306 g/mol. The van der Waals surface area contributed by atoms with Gasteiger partial charge < -0.3 is 19.8 Å². The summed E-state index contributed by atoms with van der Waals surface area (Å²) in [5.41, 5.74) is 1.24. The van der Waals surface area contributed by atoms with Gasteiger partial charge in [-0.2, -0.15) is 0 Å². The van der Waals surface area contributed by atoms with E-state index in [1.54, 1.807) is 11.0 Å². The van der Waals surface area contributed by atoms with E-state index in [0.717, 1.165) is 5.01 Å². The van der Waals surface area contributed by atoms with Gasteiger partial charge in [0.05, 0.1) is 17.2 Å². The quantitative estimate of drug-likeness (QED) is 0.905. The number of thiazole rings is 1. The summed E-state index contributed by atoms with van der Waals surface area (Å²) in [7, 11) is 0. The molecule has 0 unspecified atom stereocenters. The highest BCUT2D eigenvalue weighted by atomic mass is 32.1. The molecule has 2 aromatic rings. The molecule has 0 radical (unpaired) electrons. The zero-order valence-corrected chi connectivity index (χ0v) is 12.0. The van der Waals surface area contributed by atoms with Crippen molar-refractivity contribution in [3.05, 3.63) is 28.6 Å². The molecule has 1 fully saturated rings. The minimum absolute atomic E-state index is 0.00466. The Kier molecular flexibility index (Phi) is 3.66. The Morgan fingerprint density at radius 2 is 2.24 bits per heavy atom. The molecule has 1 aromatic heterocycles. The number of nitrogens with zero attached hydrogens (tertiary/aromatic N) is 2. The predicted octanol–water partition coefficient (Wildman–Crippen LogP) is 2.22. The fourth-order valence-corrected chi connectivity index (χ4v) is 2.93. The van der Waals surface area contributed by atoms with Crippen LogP contribution in [0.15, 0.2) is 23.6 Å². The van der Waals surface area contributed by atoms with Crippen molar-refractivity contribution in [3.63, 3.8) is 0 Å². The molecule has 1 aliphatic rings. The highest BCUT2D eigenvalue weighted by Gasteiger charge is 2.21. The maximum atomic E-state index is 11.3. The zero-order chi connectivity index (χ0) is 14.8. The first kappa shape index (κ1) is 13.7. The number of amides is 1. The van der Waals surface area contributed by atoms with Gasteiger partial charge in [-0.05, 0) is 12.1 Å². The molecule has 21 heavy (non-hydrogen) atoms. The lowest BCUT2D eigenvalue weighted by atomic mass is 10.1. The molecule has 3 rings (SSSR count). The second-order valence-corrected chi connectivity index (χ2v) is 5.62. The lowest BCUT2D eigenvalue weighted by Crippen LogP contribution is -2.26. The number of phenols is 2. The zero-order valence-electron chi connectivity index (χ0n) is 11.2. The third kappa shape index (κ3) is 2.92. The number of ether oxygens (including phenoxy) is 1. The van der Waals surface area contributed by atoms with Crippen LogP contribution in [0.25, 0.3) is 11.3 Å². The number of hydrogen-bond donors (Lipinski definition) is 2. The predicted molar refractivity (Wildman–Crippen MR) is 77.5 cm³/mol. The number of cyclic esters (lactones) is 1. The third-order valence-corrected chi connectivity index (χ3v) is 4.16. The van der Waals surface area contributed by atoms with Crippen LogP contribution in [0.5, 0.6) is 11.5 Å². The molecule has 6 nitrogen and oxygen atoms in total. The lowest BCUT2D eigenvalue weighted by Gasteiger charge is -2.10. The molecule has 0 saturated carbocycles. The van der Waals surface area contributed by atoms with Gasteiger partial charge in [0.2, 0.25) is 0 Å². The topological polar surface area (TPSA) is 82.9 Å². The number of rotatable bonds is 4. The van der Waals surface area contributed by atoms with E-state index < -0.39 is 0 Å². The number of aromatic nitrogens is 1. The molecule has 0 atom stereocenters. The van der Waals surface area contributed by atoms with Gasteiger partial charge in [0.1, 0.15) is 18.1 Å². The van der Waals surface area contributed by atoms with E-state index in [-0.39, 0.29) is 17.6 Å². The largest absolute Gasteiger partial charge is 0.508 e. The Bertz CT molecular complexity index is 671. The van der Waals surface area contributed by atoms with Crippen LogP contribution in [-0.4, -0.2) is 45.9 Å². The lowest BCUT2D eigenvalue weighted by molar-refractivity contribution is 0.159. The Morgan fingerprint density at radius 3 is 2.95 bits per heavy atom. The molecule has 1 aliphatic heterocycles. The van der Waals surface area contributed by atoms with Crippen LogP contribution < -0.4 is 0 Å². The summed E-state index contributed by atoms with van der Waals surface area (Å²) >= 11 is 1.48. The summed E-state index contributed by atoms with van der Waals surface area (Å²) in [6.45, 7) is 1.65. The molecule has 1 saturated heterocycles. The molecular weight excluding hydrogens is 292 g/mol. The first-order chi connectivity index (χ1) is 10.1. The summed E-state index contributed by atoms with van der Waals surface area (Å²) in [6.07, 6.45) is 0.376. The van der Waals surface area contributed by atoms with Gasteiger partial charge in [0.15, 0.2) is 0 Å². The molecule has 0 spiro atoms. The fraction of sp³-hybridized carbons (Fsp3) is 0.286. The molecular formula is C14H14N2O4S. The Morgan fingerprint density at radius 1 is 1.38 bits per heavy atom. The van der Waals surface area contributed by atoms with Gasteiger partial charge in [0.25, 0.3) is 0 Å². The molecule has 2 heterocycles. The van der Waals surface area contributed by atoms with Crippen LogP contribution in [0.1, 0.15) is 5.01 Å². The fourth-order valence-electron chi connectivity index (χ4n) is 2.15. The van der Waals surface area contributed by atoms with Crippen LogP contribution in [0, 0.1) is 0 Å². The van der Waals surface area contributed by atoms with Crippen molar-refractivity contribution in [2.75, 3.05) is 19.7 Å². The van der Waals surface area contributed by atoms with Crippen molar-refractivity contribution in [3.8, 4) is 22.8 Å². The Hall–Kier alpha value is -2.28. The van der Waals surface area contributed by atoms with E-state index in [1.807, 2.05) is 5.38 Å². The van der Waals surface area contributed by atoms with E-state index in [0.29, 0.717) is 37.4 Å². The van der Waals surface area contributed by atoms with E-state index in [2.05, 4.69) is 4.98 Å². The van der Waals surface area contributed by atoms with Gasteiger partial charge in [-0.15, -0.1) is 11.3 Å². The van der Waals surface area contributed by atoms with Crippen LogP contribution in [0.3, 0.4) is 0 Å². The van der Waals surface area contributed by atoms with Crippen molar-refractivity contribution >= 4 is 17.4 Å². The summed E-state index contributed by atoms with van der Waals surface area (Å²) in [4.78, 5) is 17.4. The summed E-state index contributed by atoms with van der Waals surface area (Å²) in [5, 5.41) is 21.9. The standard InChI is InChI=1S/C14H14N2O4S/c17-9-1-2-10(12(18)7-9)11-8-21-13(15-11)3-4-16-5-6-20-14(16)19/h1-2,7-8,17-18H,3-6H2. The van der Waals surface area contributed by atoms with Gasteiger partial charge in [0, 0.05) is 30.0 Å². The van der Waals surface area contributed by atoms with Gasteiger partial charge in [-0.3, -0.25) is 0 Å². The first-order valence-corrected chi connectivity index (χ1v) is 7.40. The van der Waals surface area contributed by atoms with E-state index in [9.17, 15) is 15.0 Å². The second kappa shape index (κ2) is 5.61. The second-order valence-electron chi connectivity index (χ2n) is 4.68. The summed E-state index contributed by atoms with van der Waals surface area (Å²) < 4.78 is 4.87. The monoisotopic (exact) mass is 306 g/mol. The number of phenolic OH excluding ortho intramolecular Hbond substituents is 2.